The monoisotopic (exact) mass is 241 g/mol. The zero-order valence-electron chi connectivity index (χ0n) is 9.55. The lowest BCUT2D eigenvalue weighted by molar-refractivity contribution is 0.393. The molecule has 1 unspecified atom stereocenters. The fourth-order valence-corrected chi connectivity index (χ4v) is 2.34. The highest BCUT2D eigenvalue weighted by Gasteiger charge is 2.21. The number of benzene rings is 1. The first-order chi connectivity index (χ1) is 7.76. The van der Waals surface area contributed by atoms with Gasteiger partial charge in [-0.15, -0.1) is 0 Å². The van der Waals surface area contributed by atoms with Crippen molar-refractivity contribution in [3.63, 3.8) is 0 Å². The standard InChI is InChI=1S/C12H16ClNO2/c1-15-11-7-9(13)12(16-2)6-8(11)10-4-3-5-14-10/h6-7,10,14H,3-5H2,1-2H3. The van der Waals surface area contributed by atoms with Crippen molar-refractivity contribution in [1.29, 1.82) is 0 Å². The minimum absolute atomic E-state index is 0.348. The number of hydrogen-bond acceptors (Lipinski definition) is 3. The molecular formula is C12H16ClNO2. The van der Waals surface area contributed by atoms with Gasteiger partial charge in [0.1, 0.15) is 11.5 Å². The SMILES string of the molecule is COc1cc(C2CCCN2)c(OC)cc1Cl. The minimum atomic E-state index is 0.348. The van der Waals surface area contributed by atoms with Crippen LogP contribution in [0.3, 0.4) is 0 Å². The van der Waals surface area contributed by atoms with E-state index in [4.69, 9.17) is 21.1 Å². The Morgan fingerprint density at radius 3 is 2.56 bits per heavy atom. The van der Waals surface area contributed by atoms with Crippen LogP contribution in [0.4, 0.5) is 0 Å². The summed E-state index contributed by atoms with van der Waals surface area (Å²) in [5.74, 6) is 1.52. The summed E-state index contributed by atoms with van der Waals surface area (Å²) in [6.07, 6.45) is 2.32. The molecule has 0 aliphatic carbocycles. The topological polar surface area (TPSA) is 30.5 Å². The highest BCUT2D eigenvalue weighted by Crippen LogP contribution is 2.38. The van der Waals surface area contributed by atoms with Gasteiger partial charge >= 0.3 is 0 Å². The zero-order valence-corrected chi connectivity index (χ0v) is 10.3. The third kappa shape index (κ3) is 2.11. The Balaban J connectivity index is 2.40. The molecule has 1 N–H and O–H groups in total. The van der Waals surface area contributed by atoms with Crippen LogP contribution < -0.4 is 14.8 Å². The summed E-state index contributed by atoms with van der Waals surface area (Å²) in [4.78, 5) is 0. The molecule has 0 radical (unpaired) electrons. The van der Waals surface area contributed by atoms with E-state index in [-0.39, 0.29) is 0 Å². The molecule has 1 aromatic rings. The fourth-order valence-electron chi connectivity index (χ4n) is 2.11. The highest BCUT2D eigenvalue weighted by molar-refractivity contribution is 6.32. The number of rotatable bonds is 3. The Morgan fingerprint density at radius 2 is 2.00 bits per heavy atom. The van der Waals surface area contributed by atoms with Gasteiger partial charge in [0.25, 0.3) is 0 Å². The molecule has 88 valence electrons. The Kier molecular flexibility index (Phi) is 3.56. The maximum absolute atomic E-state index is 6.06. The van der Waals surface area contributed by atoms with E-state index in [1.807, 2.05) is 12.1 Å². The maximum Gasteiger partial charge on any atom is 0.138 e. The molecule has 0 bridgehead atoms. The van der Waals surface area contributed by atoms with Gasteiger partial charge in [-0.1, -0.05) is 11.6 Å². The third-order valence-corrected chi connectivity index (χ3v) is 3.24. The van der Waals surface area contributed by atoms with Gasteiger partial charge in [-0.3, -0.25) is 0 Å². The number of halogens is 1. The first-order valence-corrected chi connectivity index (χ1v) is 5.79. The van der Waals surface area contributed by atoms with Crippen molar-refractivity contribution in [3.05, 3.63) is 22.7 Å². The molecular weight excluding hydrogens is 226 g/mol. The smallest absolute Gasteiger partial charge is 0.138 e. The summed E-state index contributed by atoms with van der Waals surface area (Å²) in [6, 6.07) is 4.13. The van der Waals surface area contributed by atoms with Crippen LogP contribution >= 0.6 is 11.6 Å². The van der Waals surface area contributed by atoms with Crippen LogP contribution in [0.2, 0.25) is 5.02 Å². The van der Waals surface area contributed by atoms with Gasteiger partial charge in [0.15, 0.2) is 0 Å². The van der Waals surface area contributed by atoms with Gasteiger partial charge < -0.3 is 14.8 Å². The average molecular weight is 242 g/mol. The first-order valence-electron chi connectivity index (χ1n) is 5.41. The number of hydrogen-bond donors (Lipinski definition) is 1. The van der Waals surface area contributed by atoms with Crippen molar-refractivity contribution >= 4 is 11.6 Å². The normalized spacial score (nSPS) is 19.8. The van der Waals surface area contributed by atoms with Crippen LogP contribution in [0.1, 0.15) is 24.4 Å². The maximum atomic E-state index is 6.06. The number of nitrogens with one attached hydrogen (secondary N) is 1. The molecule has 16 heavy (non-hydrogen) atoms. The van der Waals surface area contributed by atoms with Crippen molar-refractivity contribution in [2.45, 2.75) is 18.9 Å². The van der Waals surface area contributed by atoms with Crippen LogP contribution in [0.5, 0.6) is 11.5 Å². The van der Waals surface area contributed by atoms with Gasteiger partial charge in [-0.05, 0) is 25.5 Å². The fraction of sp³-hybridized carbons (Fsp3) is 0.500. The molecule has 0 amide bonds. The van der Waals surface area contributed by atoms with E-state index >= 15 is 0 Å². The van der Waals surface area contributed by atoms with E-state index in [2.05, 4.69) is 5.32 Å². The summed E-state index contributed by atoms with van der Waals surface area (Å²) in [5.41, 5.74) is 1.13. The summed E-state index contributed by atoms with van der Waals surface area (Å²) in [5, 5.41) is 4.02. The summed E-state index contributed by atoms with van der Waals surface area (Å²) in [7, 11) is 3.29. The molecule has 1 aromatic carbocycles. The van der Waals surface area contributed by atoms with E-state index < -0.39 is 0 Å². The van der Waals surface area contributed by atoms with Gasteiger partial charge in [-0.2, -0.15) is 0 Å². The van der Waals surface area contributed by atoms with Gasteiger partial charge in [0.05, 0.1) is 19.2 Å². The Morgan fingerprint density at radius 1 is 1.25 bits per heavy atom. The van der Waals surface area contributed by atoms with Crippen LogP contribution in [0, 0.1) is 0 Å². The van der Waals surface area contributed by atoms with Crippen molar-refractivity contribution in [1.82, 2.24) is 5.32 Å². The largest absolute Gasteiger partial charge is 0.496 e. The molecule has 0 saturated carbocycles. The summed E-state index contributed by atoms with van der Waals surface area (Å²) < 4.78 is 10.6. The second kappa shape index (κ2) is 4.93. The molecule has 0 aromatic heterocycles. The van der Waals surface area contributed by atoms with Crippen LogP contribution in [-0.4, -0.2) is 20.8 Å². The third-order valence-electron chi connectivity index (χ3n) is 2.94. The molecule has 2 rings (SSSR count). The van der Waals surface area contributed by atoms with Crippen molar-refractivity contribution in [2.75, 3.05) is 20.8 Å². The molecule has 0 spiro atoms. The zero-order chi connectivity index (χ0) is 11.5. The molecule has 1 fully saturated rings. The highest BCUT2D eigenvalue weighted by atomic mass is 35.5. The quantitative estimate of drug-likeness (QED) is 0.883. The molecule has 1 aliphatic rings. The average Bonchev–Trinajstić information content (AvgIpc) is 2.82. The summed E-state index contributed by atoms with van der Waals surface area (Å²) >= 11 is 6.06. The van der Waals surface area contributed by atoms with E-state index in [9.17, 15) is 0 Å². The van der Waals surface area contributed by atoms with Gasteiger partial charge in [0.2, 0.25) is 0 Å². The number of ether oxygens (including phenoxy) is 2. The lowest BCUT2D eigenvalue weighted by atomic mass is 10.0. The van der Waals surface area contributed by atoms with E-state index in [1.165, 1.54) is 6.42 Å². The predicted molar refractivity (Wildman–Crippen MR) is 64.5 cm³/mol. The Labute approximate surface area is 101 Å². The molecule has 1 aliphatic heterocycles. The van der Waals surface area contributed by atoms with Crippen LogP contribution in [0.25, 0.3) is 0 Å². The Hall–Kier alpha value is -0.930. The molecule has 4 heteroatoms. The van der Waals surface area contributed by atoms with Gasteiger partial charge in [0, 0.05) is 17.7 Å². The van der Waals surface area contributed by atoms with Crippen molar-refractivity contribution in [3.8, 4) is 11.5 Å². The second-order valence-corrected chi connectivity index (χ2v) is 4.28. The second-order valence-electron chi connectivity index (χ2n) is 3.88. The molecule has 1 atom stereocenters. The summed E-state index contributed by atoms with van der Waals surface area (Å²) in [6.45, 7) is 1.05. The van der Waals surface area contributed by atoms with E-state index in [0.717, 1.165) is 24.3 Å². The van der Waals surface area contributed by atoms with Crippen molar-refractivity contribution in [2.24, 2.45) is 0 Å². The minimum Gasteiger partial charge on any atom is -0.496 e. The van der Waals surface area contributed by atoms with Crippen LogP contribution in [0.15, 0.2) is 12.1 Å². The predicted octanol–water partition coefficient (Wildman–Crippen LogP) is 2.78. The Bertz CT molecular complexity index is 376. The number of methoxy groups -OCH3 is 2. The van der Waals surface area contributed by atoms with Crippen LogP contribution in [-0.2, 0) is 0 Å². The lowest BCUT2D eigenvalue weighted by Gasteiger charge is -2.17. The molecule has 3 nitrogen and oxygen atoms in total. The van der Waals surface area contributed by atoms with E-state index in [1.54, 1.807) is 14.2 Å². The molecule has 1 heterocycles. The van der Waals surface area contributed by atoms with E-state index in [0.29, 0.717) is 16.8 Å². The lowest BCUT2D eigenvalue weighted by Crippen LogP contribution is -2.14. The van der Waals surface area contributed by atoms with Crippen molar-refractivity contribution < 1.29 is 9.47 Å². The first kappa shape index (κ1) is 11.6. The molecule has 1 saturated heterocycles. The van der Waals surface area contributed by atoms with Gasteiger partial charge in [-0.25, -0.2) is 0 Å².